The van der Waals surface area contributed by atoms with Crippen LogP contribution in [0.4, 0.5) is 0 Å². The number of nitrogens with one attached hydrogen (secondary N) is 1. The van der Waals surface area contributed by atoms with E-state index in [0.717, 1.165) is 12.8 Å². The Morgan fingerprint density at radius 3 is 2.89 bits per heavy atom. The zero-order valence-corrected chi connectivity index (χ0v) is 10.4. The van der Waals surface area contributed by atoms with Gasteiger partial charge in [-0.15, -0.1) is 0 Å². The Hall–Kier alpha value is -2.24. The van der Waals surface area contributed by atoms with Crippen LogP contribution in [0.3, 0.4) is 0 Å². The quantitative estimate of drug-likeness (QED) is 0.870. The minimum Gasteiger partial charge on any atom is -0.349 e. The smallest absolute Gasteiger partial charge is 0.255 e. The third-order valence-corrected chi connectivity index (χ3v) is 3.45. The van der Waals surface area contributed by atoms with Crippen LogP contribution in [0.15, 0.2) is 24.8 Å². The molecule has 1 fully saturated rings. The lowest BCUT2D eigenvalue weighted by Gasteiger charge is -2.21. The molecule has 98 valence electrons. The average Bonchev–Trinajstić information content (AvgIpc) is 2.85. The number of ketones is 1. The standard InChI is InChI=1S/C13H14N4O2/c18-10-3-1-9(2-4-10)16-13(19)11-7-15-17-6-5-14-8-12(11)17/h5-9H,1-4H2,(H,16,19). The van der Waals surface area contributed by atoms with Crippen LogP contribution in [0.1, 0.15) is 36.0 Å². The molecule has 0 bridgehead atoms. The van der Waals surface area contributed by atoms with Gasteiger partial charge in [-0.25, -0.2) is 4.52 Å². The zero-order valence-electron chi connectivity index (χ0n) is 10.4. The van der Waals surface area contributed by atoms with E-state index < -0.39 is 0 Å². The van der Waals surface area contributed by atoms with E-state index in [1.807, 2.05) is 0 Å². The molecule has 0 saturated heterocycles. The number of aromatic nitrogens is 3. The van der Waals surface area contributed by atoms with Crippen LogP contribution in [0.25, 0.3) is 5.52 Å². The van der Waals surface area contributed by atoms with E-state index in [4.69, 9.17) is 0 Å². The lowest BCUT2D eigenvalue weighted by atomic mass is 9.94. The second kappa shape index (κ2) is 4.79. The summed E-state index contributed by atoms with van der Waals surface area (Å²) in [5.41, 5.74) is 1.21. The molecule has 1 saturated carbocycles. The maximum Gasteiger partial charge on any atom is 0.255 e. The number of hydrogen-bond acceptors (Lipinski definition) is 4. The molecule has 1 aliphatic rings. The van der Waals surface area contributed by atoms with E-state index >= 15 is 0 Å². The number of hydrogen-bond donors (Lipinski definition) is 1. The summed E-state index contributed by atoms with van der Waals surface area (Å²) in [6.45, 7) is 0. The van der Waals surface area contributed by atoms with Gasteiger partial charge in [0.1, 0.15) is 5.78 Å². The molecule has 0 aromatic carbocycles. The number of amides is 1. The molecule has 2 heterocycles. The molecule has 3 rings (SSSR count). The van der Waals surface area contributed by atoms with Crippen LogP contribution in [-0.4, -0.2) is 32.3 Å². The van der Waals surface area contributed by atoms with Crippen LogP contribution in [0, 0.1) is 0 Å². The Balaban J connectivity index is 1.75. The van der Waals surface area contributed by atoms with E-state index in [1.54, 1.807) is 29.3 Å². The number of carbonyl (C=O) groups is 2. The van der Waals surface area contributed by atoms with Gasteiger partial charge in [0.2, 0.25) is 0 Å². The summed E-state index contributed by atoms with van der Waals surface area (Å²) >= 11 is 0. The van der Waals surface area contributed by atoms with Gasteiger partial charge < -0.3 is 5.32 Å². The minimum atomic E-state index is -0.151. The van der Waals surface area contributed by atoms with Crippen LogP contribution < -0.4 is 5.32 Å². The molecule has 0 radical (unpaired) electrons. The zero-order chi connectivity index (χ0) is 13.2. The van der Waals surface area contributed by atoms with Crippen molar-refractivity contribution in [1.82, 2.24) is 19.9 Å². The van der Waals surface area contributed by atoms with Crippen molar-refractivity contribution >= 4 is 17.2 Å². The summed E-state index contributed by atoms with van der Waals surface area (Å²) in [6.07, 6.45) is 9.04. The van der Waals surface area contributed by atoms with Gasteiger partial charge in [0.15, 0.2) is 0 Å². The third-order valence-electron chi connectivity index (χ3n) is 3.45. The fourth-order valence-corrected chi connectivity index (χ4v) is 2.36. The molecule has 1 N–H and O–H groups in total. The fourth-order valence-electron chi connectivity index (χ4n) is 2.36. The first kappa shape index (κ1) is 11.8. The first-order chi connectivity index (χ1) is 9.24. The van der Waals surface area contributed by atoms with E-state index in [9.17, 15) is 9.59 Å². The molecule has 6 heteroatoms. The maximum atomic E-state index is 12.2. The highest BCUT2D eigenvalue weighted by Gasteiger charge is 2.22. The Morgan fingerprint density at radius 1 is 1.32 bits per heavy atom. The first-order valence-electron chi connectivity index (χ1n) is 6.34. The number of Topliss-reactive ketones (excluding diaryl/α,β-unsaturated/α-hetero) is 1. The number of fused-ring (bicyclic) bond motifs is 1. The fraction of sp³-hybridized carbons (Fsp3) is 0.385. The van der Waals surface area contributed by atoms with E-state index in [2.05, 4.69) is 15.4 Å². The monoisotopic (exact) mass is 258 g/mol. The second-order valence-electron chi connectivity index (χ2n) is 4.75. The largest absolute Gasteiger partial charge is 0.349 e. The van der Waals surface area contributed by atoms with Gasteiger partial charge in [-0.05, 0) is 12.8 Å². The summed E-state index contributed by atoms with van der Waals surface area (Å²) in [7, 11) is 0. The highest BCUT2D eigenvalue weighted by molar-refractivity contribution is 6.00. The molecule has 0 aliphatic heterocycles. The summed E-state index contributed by atoms with van der Waals surface area (Å²) in [5, 5.41) is 7.07. The third kappa shape index (κ3) is 2.33. The topological polar surface area (TPSA) is 76.4 Å². The van der Waals surface area contributed by atoms with Crippen LogP contribution in [0.2, 0.25) is 0 Å². The van der Waals surface area contributed by atoms with Crippen molar-refractivity contribution in [1.29, 1.82) is 0 Å². The highest BCUT2D eigenvalue weighted by atomic mass is 16.2. The molecule has 2 aromatic rings. The SMILES string of the molecule is O=C1CCC(NC(=O)c2cnn3ccncc23)CC1. The van der Waals surface area contributed by atoms with Crippen LogP contribution in [0.5, 0.6) is 0 Å². The summed E-state index contributed by atoms with van der Waals surface area (Å²) in [6, 6.07) is 0.0804. The van der Waals surface area contributed by atoms with Gasteiger partial charge >= 0.3 is 0 Å². The van der Waals surface area contributed by atoms with Gasteiger partial charge in [-0.1, -0.05) is 0 Å². The molecule has 0 atom stereocenters. The molecule has 6 nitrogen and oxygen atoms in total. The first-order valence-corrected chi connectivity index (χ1v) is 6.34. The lowest BCUT2D eigenvalue weighted by molar-refractivity contribution is -0.120. The molecular formula is C13H14N4O2. The van der Waals surface area contributed by atoms with Crippen molar-refractivity contribution in [3.05, 3.63) is 30.4 Å². The van der Waals surface area contributed by atoms with Crippen molar-refractivity contribution in [3.8, 4) is 0 Å². The van der Waals surface area contributed by atoms with E-state index in [-0.39, 0.29) is 17.7 Å². The number of carbonyl (C=O) groups excluding carboxylic acids is 2. The van der Waals surface area contributed by atoms with Crippen molar-refractivity contribution in [2.45, 2.75) is 31.7 Å². The normalized spacial score (nSPS) is 16.7. The maximum absolute atomic E-state index is 12.2. The Bertz CT molecular complexity index is 624. The van der Waals surface area contributed by atoms with Gasteiger partial charge in [-0.3, -0.25) is 14.6 Å². The Kier molecular flexibility index (Phi) is 2.98. The molecule has 1 amide bonds. The average molecular weight is 258 g/mol. The summed E-state index contributed by atoms with van der Waals surface area (Å²) in [4.78, 5) is 27.4. The van der Waals surface area contributed by atoms with Crippen LogP contribution in [-0.2, 0) is 4.79 Å². The van der Waals surface area contributed by atoms with Crippen LogP contribution >= 0.6 is 0 Å². The Morgan fingerprint density at radius 2 is 2.11 bits per heavy atom. The van der Waals surface area contributed by atoms with Crippen molar-refractivity contribution in [2.24, 2.45) is 0 Å². The highest BCUT2D eigenvalue weighted by Crippen LogP contribution is 2.16. The van der Waals surface area contributed by atoms with E-state index in [0.29, 0.717) is 23.9 Å². The van der Waals surface area contributed by atoms with Crippen molar-refractivity contribution < 1.29 is 9.59 Å². The number of nitrogens with zero attached hydrogens (tertiary/aromatic N) is 3. The van der Waals surface area contributed by atoms with Gasteiger partial charge in [0, 0.05) is 31.3 Å². The van der Waals surface area contributed by atoms with Crippen molar-refractivity contribution in [2.75, 3.05) is 0 Å². The van der Waals surface area contributed by atoms with E-state index in [1.165, 1.54) is 0 Å². The Labute approximate surface area is 109 Å². The molecule has 2 aromatic heterocycles. The predicted molar refractivity (Wildman–Crippen MR) is 67.7 cm³/mol. The summed E-state index contributed by atoms with van der Waals surface area (Å²) in [5.74, 6) is 0.132. The van der Waals surface area contributed by atoms with Gasteiger partial charge in [0.25, 0.3) is 5.91 Å². The predicted octanol–water partition coefficient (Wildman–Crippen LogP) is 0.971. The molecular weight excluding hydrogens is 244 g/mol. The molecule has 0 spiro atoms. The van der Waals surface area contributed by atoms with Gasteiger partial charge in [-0.2, -0.15) is 5.10 Å². The second-order valence-corrected chi connectivity index (χ2v) is 4.75. The van der Waals surface area contributed by atoms with Crippen molar-refractivity contribution in [3.63, 3.8) is 0 Å². The lowest BCUT2D eigenvalue weighted by Crippen LogP contribution is -2.37. The molecule has 1 aliphatic carbocycles. The summed E-state index contributed by atoms with van der Waals surface area (Å²) < 4.78 is 1.62. The minimum absolute atomic E-state index is 0.0804. The number of rotatable bonds is 2. The molecule has 19 heavy (non-hydrogen) atoms. The van der Waals surface area contributed by atoms with Gasteiger partial charge in [0.05, 0.1) is 23.5 Å². The molecule has 0 unspecified atom stereocenters.